The number of hydrazone groups is 1. The van der Waals surface area contributed by atoms with E-state index in [2.05, 4.69) is 5.10 Å². The van der Waals surface area contributed by atoms with Crippen LogP contribution in [0.25, 0.3) is 0 Å². The quantitative estimate of drug-likeness (QED) is 0.798. The first-order valence-electron chi connectivity index (χ1n) is 6.67. The van der Waals surface area contributed by atoms with Gasteiger partial charge in [0, 0.05) is 5.71 Å². The molecule has 1 atom stereocenters. The van der Waals surface area contributed by atoms with Crippen molar-refractivity contribution in [3.8, 4) is 0 Å². The van der Waals surface area contributed by atoms with Crippen LogP contribution in [0.15, 0.2) is 35.4 Å². The zero-order valence-corrected chi connectivity index (χ0v) is 10.7. The summed E-state index contributed by atoms with van der Waals surface area (Å²) in [6.45, 7) is 2.04. The topological polar surface area (TPSA) is 32.7 Å². The normalized spacial score (nSPS) is 21.1. The van der Waals surface area contributed by atoms with Crippen LogP contribution in [-0.2, 0) is 4.79 Å². The summed E-state index contributed by atoms with van der Waals surface area (Å²) in [5.41, 5.74) is 2.22. The summed E-state index contributed by atoms with van der Waals surface area (Å²) in [6.07, 6.45) is 4.15. The Bertz CT molecular complexity index is 477. The van der Waals surface area contributed by atoms with E-state index in [1.807, 2.05) is 37.3 Å². The minimum Gasteiger partial charge on any atom is -0.273 e. The monoisotopic (exact) mass is 242 g/mol. The van der Waals surface area contributed by atoms with Gasteiger partial charge in [0.05, 0.1) is 12.5 Å². The Balaban J connectivity index is 1.74. The van der Waals surface area contributed by atoms with Crippen LogP contribution >= 0.6 is 0 Å². The van der Waals surface area contributed by atoms with Gasteiger partial charge in [0.15, 0.2) is 0 Å². The van der Waals surface area contributed by atoms with Crippen LogP contribution in [0, 0.1) is 5.92 Å². The summed E-state index contributed by atoms with van der Waals surface area (Å²) < 4.78 is 0. The summed E-state index contributed by atoms with van der Waals surface area (Å²) in [5, 5.41) is 6.19. The SMILES string of the molecule is CC(c1ccccc1)N1N=C(CC2CC2)CC1=O. The third-order valence-corrected chi connectivity index (χ3v) is 3.73. The molecule has 0 N–H and O–H groups in total. The number of nitrogens with zero attached hydrogens (tertiary/aromatic N) is 2. The predicted octanol–water partition coefficient (Wildman–Crippen LogP) is 3.14. The van der Waals surface area contributed by atoms with Crippen molar-refractivity contribution in [2.24, 2.45) is 11.0 Å². The Kier molecular flexibility index (Phi) is 2.90. The molecule has 0 saturated heterocycles. The van der Waals surface area contributed by atoms with Crippen LogP contribution in [-0.4, -0.2) is 16.6 Å². The van der Waals surface area contributed by atoms with Gasteiger partial charge in [-0.3, -0.25) is 4.79 Å². The maximum Gasteiger partial charge on any atom is 0.248 e. The number of carbonyl (C=O) groups is 1. The average Bonchev–Trinajstić information content (AvgIpc) is 3.12. The van der Waals surface area contributed by atoms with Gasteiger partial charge < -0.3 is 0 Å². The lowest BCUT2D eigenvalue weighted by atomic mass is 10.1. The molecule has 1 fully saturated rings. The molecule has 94 valence electrons. The van der Waals surface area contributed by atoms with Crippen molar-refractivity contribution in [1.29, 1.82) is 0 Å². The summed E-state index contributed by atoms with van der Waals surface area (Å²) in [4.78, 5) is 12.0. The average molecular weight is 242 g/mol. The molecule has 1 unspecified atom stereocenters. The highest BCUT2D eigenvalue weighted by Gasteiger charge is 2.32. The Morgan fingerprint density at radius 2 is 2.06 bits per heavy atom. The van der Waals surface area contributed by atoms with Crippen LogP contribution in [0.1, 0.15) is 44.2 Å². The smallest absolute Gasteiger partial charge is 0.248 e. The molecule has 0 radical (unpaired) electrons. The highest BCUT2D eigenvalue weighted by molar-refractivity contribution is 6.05. The van der Waals surface area contributed by atoms with Crippen LogP contribution in [0.3, 0.4) is 0 Å². The molecule has 0 spiro atoms. The first-order valence-corrected chi connectivity index (χ1v) is 6.67. The van der Waals surface area contributed by atoms with Crippen LogP contribution in [0.2, 0.25) is 0 Å². The van der Waals surface area contributed by atoms with Gasteiger partial charge in [0.1, 0.15) is 0 Å². The molecular weight excluding hydrogens is 224 g/mol. The molecule has 0 aromatic heterocycles. The third-order valence-electron chi connectivity index (χ3n) is 3.73. The van der Waals surface area contributed by atoms with E-state index in [4.69, 9.17) is 0 Å². The molecule has 18 heavy (non-hydrogen) atoms. The summed E-state index contributed by atoms with van der Waals surface area (Å²) in [6, 6.07) is 10.1. The molecule has 1 aromatic rings. The third kappa shape index (κ3) is 2.30. The minimum absolute atomic E-state index is 0.0374. The molecule has 0 bridgehead atoms. The molecule has 1 aliphatic heterocycles. The Hall–Kier alpha value is -1.64. The lowest BCUT2D eigenvalue weighted by molar-refractivity contribution is -0.130. The standard InChI is InChI=1S/C15H18N2O/c1-11(13-5-3-2-4-6-13)17-15(18)10-14(16-17)9-12-7-8-12/h2-6,11-12H,7-10H2,1H3. The number of amides is 1. The molecule has 2 aliphatic rings. The number of carbonyl (C=O) groups excluding carboxylic acids is 1. The van der Waals surface area contributed by atoms with Crippen molar-refractivity contribution < 1.29 is 4.79 Å². The second kappa shape index (κ2) is 4.56. The van der Waals surface area contributed by atoms with E-state index in [1.165, 1.54) is 12.8 Å². The highest BCUT2D eigenvalue weighted by Crippen LogP contribution is 2.35. The van der Waals surface area contributed by atoms with E-state index >= 15 is 0 Å². The molecule has 1 aromatic carbocycles. The molecule has 1 saturated carbocycles. The second-order valence-electron chi connectivity index (χ2n) is 5.32. The number of benzene rings is 1. The van der Waals surface area contributed by atoms with Gasteiger partial charge in [-0.05, 0) is 37.7 Å². The van der Waals surface area contributed by atoms with Gasteiger partial charge in [-0.25, -0.2) is 5.01 Å². The molecule has 3 rings (SSSR count). The zero-order valence-electron chi connectivity index (χ0n) is 10.7. The summed E-state index contributed by atoms with van der Waals surface area (Å²) in [7, 11) is 0. The van der Waals surface area contributed by atoms with E-state index in [0.717, 1.165) is 23.6 Å². The number of hydrogen-bond acceptors (Lipinski definition) is 2. The molecule has 3 nitrogen and oxygen atoms in total. The van der Waals surface area contributed by atoms with Gasteiger partial charge >= 0.3 is 0 Å². The first kappa shape index (κ1) is 11.5. The lowest BCUT2D eigenvalue weighted by Crippen LogP contribution is -2.24. The van der Waals surface area contributed by atoms with Crippen molar-refractivity contribution in [3.63, 3.8) is 0 Å². The molecular formula is C15H18N2O. The minimum atomic E-state index is 0.0374. The predicted molar refractivity (Wildman–Crippen MR) is 71.1 cm³/mol. The van der Waals surface area contributed by atoms with Gasteiger partial charge in [0.25, 0.3) is 0 Å². The Labute approximate surface area is 107 Å². The van der Waals surface area contributed by atoms with Crippen LogP contribution in [0.5, 0.6) is 0 Å². The van der Waals surface area contributed by atoms with E-state index in [1.54, 1.807) is 5.01 Å². The fraction of sp³-hybridized carbons (Fsp3) is 0.467. The van der Waals surface area contributed by atoms with Gasteiger partial charge in [0.2, 0.25) is 5.91 Å². The van der Waals surface area contributed by atoms with Crippen molar-refractivity contribution in [2.75, 3.05) is 0 Å². The maximum absolute atomic E-state index is 12.0. The molecule has 1 amide bonds. The number of hydrogen-bond donors (Lipinski definition) is 0. The van der Waals surface area contributed by atoms with Gasteiger partial charge in [-0.2, -0.15) is 5.10 Å². The Morgan fingerprint density at radius 3 is 2.72 bits per heavy atom. The van der Waals surface area contributed by atoms with Crippen molar-refractivity contribution in [1.82, 2.24) is 5.01 Å². The fourth-order valence-corrected chi connectivity index (χ4v) is 2.44. The van der Waals surface area contributed by atoms with E-state index in [9.17, 15) is 4.79 Å². The van der Waals surface area contributed by atoms with Crippen LogP contribution in [0.4, 0.5) is 0 Å². The highest BCUT2D eigenvalue weighted by atomic mass is 16.2. The largest absolute Gasteiger partial charge is 0.273 e. The van der Waals surface area contributed by atoms with Gasteiger partial charge in [-0.1, -0.05) is 30.3 Å². The van der Waals surface area contributed by atoms with Gasteiger partial charge in [-0.15, -0.1) is 0 Å². The molecule has 1 heterocycles. The summed E-state index contributed by atoms with van der Waals surface area (Å²) >= 11 is 0. The maximum atomic E-state index is 12.0. The zero-order chi connectivity index (χ0) is 12.5. The number of rotatable bonds is 4. The van der Waals surface area contributed by atoms with E-state index in [0.29, 0.717) is 6.42 Å². The molecule has 3 heteroatoms. The lowest BCUT2D eigenvalue weighted by Gasteiger charge is -2.20. The Morgan fingerprint density at radius 1 is 1.33 bits per heavy atom. The van der Waals surface area contributed by atoms with E-state index < -0.39 is 0 Å². The first-order chi connectivity index (χ1) is 8.74. The summed E-state index contributed by atoms with van der Waals surface area (Å²) in [5.74, 6) is 0.936. The van der Waals surface area contributed by atoms with Crippen molar-refractivity contribution >= 4 is 11.6 Å². The molecule has 1 aliphatic carbocycles. The van der Waals surface area contributed by atoms with Crippen molar-refractivity contribution in [2.45, 2.75) is 38.6 Å². The second-order valence-corrected chi connectivity index (χ2v) is 5.32. The van der Waals surface area contributed by atoms with E-state index in [-0.39, 0.29) is 11.9 Å². The van der Waals surface area contributed by atoms with Crippen molar-refractivity contribution in [3.05, 3.63) is 35.9 Å². The fourth-order valence-electron chi connectivity index (χ4n) is 2.44. The van der Waals surface area contributed by atoms with Crippen LogP contribution < -0.4 is 0 Å².